The molecule has 1 unspecified atom stereocenters. The predicted octanol–water partition coefficient (Wildman–Crippen LogP) is 1.84. The third kappa shape index (κ3) is 3.97. The first-order valence-electron chi connectivity index (χ1n) is 4.62. The fourth-order valence-corrected chi connectivity index (χ4v) is 1.07. The van der Waals surface area contributed by atoms with Crippen molar-refractivity contribution in [3.05, 3.63) is 30.3 Å². The second-order valence-corrected chi connectivity index (χ2v) is 3.01. The molecule has 0 amide bonds. The summed E-state index contributed by atoms with van der Waals surface area (Å²) in [7, 11) is 0. The number of aliphatic hydroxyl groups is 1. The average Bonchev–Trinajstić information content (AvgIpc) is 2.20. The molecule has 2 heteroatoms. The van der Waals surface area contributed by atoms with Gasteiger partial charge in [0.25, 0.3) is 0 Å². The van der Waals surface area contributed by atoms with Crippen LogP contribution in [-0.4, -0.2) is 17.8 Å². The Balaban J connectivity index is 2.19. The van der Waals surface area contributed by atoms with Crippen molar-refractivity contribution < 1.29 is 9.84 Å². The Kier molecular flexibility index (Phi) is 4.60. The normalized spacial score (nSPS) is 11.7. The average molecular weight is 190 g/mol. The largest absolute Gasteiger partial charge is 0.493 e. The van der Waals surface area contributed by atoms with Crippen molar-refractivity contribution in [2.75, 3.05) is 6.61 Å². The number of terminal acetylenes is 1. The Morgan fingerprint density at radius 3 is 2.71 bits per heavy atom. The minimum Gasteiger partial charge on any atom is -0.493 e. The van der Waals surface area contributed by atoms with Crippen LogP contribution < -0.4 is 4.74 Å². The molecule has 0 bridgehead atoms. The molecule has 0 saturated heterocycles. The van der Waals surface area contributed by atoms with E-state index in [0.29, 0.717) is 19.4 Å². The minimum atomic E-state index is -0.455. The Labute approximate surface area is 84.5 Å². The van der Waals surface area contributed by atoms with Crippen LogP contribution in [0.3, 0.4) is 0 Å². The number of para-hydroxylation sites is 1. The molecule has 0 aliphatic carbocycles. The zero-order chi connectivity index (χ0) is 10.2. The van der Waals surface area contributed by atoms with E-state index >= 15 is 0 Å². The van der Waals surface area contributed by atoms with E-state index in [1.807, 2.05) is 30.3 Å². The van der Waals surface area contributed by atoms with Gasteiger partial charge in [0.05, 0.1) is 12.7 Å². The van der Waals surface area contributed by atoms with Gasteiger partial charge in [-0.05, 0) is 12.1 Å². The molecule has 0 aliphatic heterocycles. The highest BCUT2D eigenvalue weighted by Crippen LogP contribution is 2.09. The molecule has 1 aromatic rings. The molecule has 1 N–H and O–H groups in total. The van der Waals surface area contributed by atoms with Gasteiger partial charge in [0.2, 0.25) is 0 Å². The van der Waals surface area contributed by atoms with Crippen LogP contribution in [0, 0.1) is 12.3 Å². The van der Waals surface area contributed by atoms with Gasteiger partial charge in [0.15, 0.2) is 0 Å². The first kappa shape index (κ1) is 10.6. The number of benzene rings is 1. The lowest BCUT2D eigenvalue weighted by atomic mass is 10.2. The van der Waals surface area contributed by atoms with Gasteiger partial charge in [0, 0.05) is 12.8 Å². The second-order valence-electron chi connectivity index (χ2n) is 3.01. The number of rotatable bonds is 5. The fraction of sp³-hybridized carbons (Fsp3) is 0.333. The third-order valence-electron chi connectivity index (χ3n) is 1.82. The molecule has 0 saturated carbocycles. The zero-order valence-corrected chi connectivity index (χ0v) is 8.02. The maximum absolute atomic E-state index is 9.30. The van der Waals surface area contributed by atoms with E-state index < -0.39 is 6.10 Å². The molecule has 74 valence electrons. The summed E-state index contributed by atoms with van der Waals surface area (Å²) in [5, 5.41) is 9.30. The van der Waals surface area contributed by atoms with Crippen molar-refractivity contribution in [3.8, 4) is 18.1 Å². The maximum atomic E-state index is 9.30. The summed E-state index contributed by atoms with van der Waals surface area (Å²) in [6.45, 7) is 0.493. The molecule has 0 radical (unpaired) electrons. The Morgan fingerprint density at radius 1 is 1.36 bits per heavy atom. The second kappa shape index (κ2) is 6.06. The topological polar surface area (TPSA) is 29.5 Å². The number of ether oxygens (including phenoxy) is 1. The smallest absolute Gasteiger partial charge is 0.119 e. The van der Waals surface area contributed by atoms with Crippen LogP contribution >= 0.6 is 0 Å². The SMILES string of the molecule is C#CCC(O)CCOc1ccccc1. The zero-order valence-electron chi connectivity index (χ0n) is 8.02. The van der Waals surface area contributed by atoms with Crippen molar-refractivity contribution in [2.24, 2.45) is 0 Å². The summed E-state index contributed by atoms with van der Waals surface area (Å²) < 4.78 is 5.39. The quantitative estimate of drug-likeness (QED) is 0.718. The molecule has 0 spiro atoms. The van der Waals surface area contributed by atoms with Gasteiger partial charge in [-0.25, -0.2) is 0 Å². The van der Waals surface area contributed by atoms with Crippen LogP contribution in [0.25, 0.3) is 0 Å². The summed E-state index contributed by atoms with van der Waals surface area (Å²) in [6, 6.07) is 9.52. The van der Waals surface area contributed by atoms with Crippen LogP contribution in [0.2, 0.25) is 0 Å². The Hall–Kier alpha value is -1.46. The Bertz CT molecular complexity index is 287. The van der Waals surface area contributed by atoms with Gasteiger partial charge >= 0.3 is 0 Å². The molecule has 1 atom stereocenters. The van der Waals surface area contributed by atoms with E-state index in [0.717, 1.165) is 5.75 Å². The van der Waals surface area contributed by atoms with Crippen LogP contribution in [0.5, 0.6) is 5.75 Å². The highest BCUT2D eigenvalue weighted by Gasteiger charge is 2.01. The van der Waals surface area contributed by atoms with Gasteiger partial charge in [-0.3, -0.25) is 0 Å². The molecule has 1 rings (SSSR count). The molecular weight excluding hydrogens is 176 g/mol. The van der Waals surface area contributed by atoms with Crippen LogP contribution in [-0.2, 0) is 0 Å². The monoisotopic (exact) mass is 190 g/mol. The molecule has 0 aromatic heterocycles. The highest BCUT2D eigenvalue weighted by molar-refractivity contribution is 5.20. The molecule has 0 heterocycles. The lowest BCUT2D eigenvalue weighted by Crippen LogP contribution is -2.10. The standard InChI is InChI=1S/C12H14O2/c1-2-6-11(13)9-10-14-12-7-4-3-5-8-12/h1,3-5,7-8,11,13H,6,9-10H2. The van der Waals surface area contributed by atoms with E-state index in [4.69, 9.17) is 11.2 Å². The van der Waals surface area contributed by atoms with Crippen molar-refractivity contribution in [2.45, 2.75) is 18.9 Å². The molecule has 1 aromatic carbocycles. The van der Waals surface area contributed by atoms with Crippen molar-refractivity contribution in [1.82, 2.24) is 0 Å². The molecule has 0 aliphatic rings. The van der Waals surface area contributed by atoms with Crippen molar-refractivity contribution >= 4 is 0 Å². The molecular formula is C12H14O2. The first-order chi connectivity index (χ1) is 6.83. The van der Waals surface area contributed by atoms with Crippen LogP contribution in [0.4, 0.5) is 0 Å². The van der Waals surface area contributed by atoms with E-state index in [-0.39, 0.29) is 0 Å². The molecule has 0 fully saturated rings. The maximum Gasteiger partial charge on any atom is 0.119 e. The number of hydrogen-bond acceptors (Lipinski definition) is 2. The lowest BCUT2D eigenvalue weighted by molar-refractivity contribution is 0.143. The summed E-state index contributed by atoms with van der Waals surface area (Å²) in [4.78, 5) is 0. The van der Waals surface area contributed by atoms with Crippen LogP contribution in [0.15, 0.2) is 30.3 Å². The highest BCUT2D eigenvalue weighted by atomic mass is 16.5. The van der Waals surface area contributed by atoms with Gasteiger partial charge in [-0.1, -0.05) is 18.2 Å². The summed E-state index contributed by atoms with van der Waals surface area (Å²) in [5.41, 5.74) is 0. The van der Waals surface area contributed by atoms with Gasteiger partial charge in [-0.2, -0.15) is 0 Å². The van der Waals surface area contributed by atoms with E-state index in [2.05, 4.69) is 5.92 Å². The van der Waals surface area contributed by atoms with E-state index in [1.165, 1.54) is 0 Å². The predicted molar refractivity (Wildman–Crippen MR) is 56.0 cm³/mol. The number of hydrogen-bond donors (Lipinski definition) is 1. The number of aliphatic hydroxyl groups excluding tert-OH is 1. The van der Waals surface area contributed by atoms with E-state index in [9.17, 15) is 5.11 Å². The summed E-state index contributed by atoms with van der Waals surface area (Å²) in [6.07, 6.45) is 5.56. The minimum absolute atomic E-state index is 0.387. The Morgan fingerprint density at radius 2 is 2.07 bits per heavy atom. The van der Waals surface area contributed by atoms with Gasteiger partial charge in [0.1, 0.15) is 5.75 Å². The van der Waals surface area contributed by atoms with Crippen LogP contribution in [0.1, 0.15) is 12.8 Å². The molecule has 2 nitrogen and oxygen atoms in total. The van der Waals surface area contributed by atoms with Gasteiger partial charge in [-0.15, -0.1) is 12.3 Å². The third-order valence-corrected chi connectivity index (χ3v) is 1.82. The van der Waals surface area contributed by atoms with Gasteiger partial charge < -0.3 is 9.84 Å². The first-order valence-corrected chi connectivity index (χ1v) is 4.62. The van der Waals surface area contributed by atoms with Crippen molar-refractivity contribution in [3.63, 3.8) is 0 Å². The summed E-state index contributed by atoms with van der Waals surface area (Å²) in [5.74, 6) is 3.23. The summed E-state index contributed by atoms with van der Waals surface area (Å²) >= 11 is 0. The fourth-order valence-electron chi connectivity index (χ4n) is 1.07. The lowest BCUT2D eigenvalue weighted by Gasteiger charge is -2.08. The van der Waals surface area contributed by atoms with Crippen molar-refractivity contribution in [1.29, 1.82) is 0 Å². The molecule has 14 heavy (non-hydrogen) atoms. The van der Waals surface area contributed by atoms with E-state index in [1.54, 1.807) is 0 Å².